The fourth-order valence-corrected chi connectivity index (χ4v) is 1.84. The first-order chi connectivity index (χ1) is 9.60. The molecule has 1 aromatic rings. The zero-order valence-electron chi connectivity index (χ0n) is 12.5. The lowest BCUT2D eigenvalue weighted by molar-refractivity contribution is -0.141. The topological polar surface area (TPSA) is 66.0 Å². The number of ether oxygens (including phenoxy) is 4. The van der Waals surface area contributed by atoms with Crippen molar-refractivity contribution in [2.45, 2.75) is 19.4 Å². The highest BCUT2D eigenvalue weighted by Crippen LogP contribution is 2.40. The summed E-state index contributed by atoms with van der Waals surface area (Å²) in [4.78, 5) is 11.6. The zero-order valence-corrected chi connectivity index (χ0v) is 12.5. The van der Waals surface area contributed by atoms with Gasteiger partial charge in [0.15, 0.2) is 11.5 Å². The molecule has 0 heterocycles. The zero-order chi connectivity index (χ0) is 15.1. The first kappa shape index (κ1) is 15.9. The Labute approximate surface area is 119 Å². The molecule has 0 amide bonds. The van der Waals surface area contributed by atoms with E-state index in [-0.39, 0.29) is 5.97 Å². The second kappa shape index (κ2) is 7.47. The van der Waals surface area contributed by atoms with Crippen LogP contribution in [0.15, 0.2) is 12.1 Å². The number of hydrogen-bond acceptors (Lipinski definition) is 6. The summed E-state index contributed by atoms with van der Waals surface area (Å²) in [6.07, 6.45) is 0.601. The molecule has 0 saturated heterocycles. The second-order valence-electron chi connectivity index (χ2n) is 4.04. The summed E-state index contributed by atoms with van der Waals surface area (Å²) < 4.78 is 20.5. The maximum Gasteiger partial charge on any atom is 0.328 e. The van der Waals surface area contributed by atoms with Crippen LogP contribution in [0.1, 0.15) is 13.3 Å². The number of rotatable bonds is 7. The monoisotopic (exact) mass is 283 g/mol. The van der Waals surface area contributed by atoms with E-state index in [4.69, 9.17) is 18.9 Å². The molecule has 0 saturated carbocycles. The van der Waals surface area contributed by atoms with Crippen molar-refractivity contribution < 1.29 is 23.7 Å². The van der Waals surface area contributed by atoms with Crippen molar-refractivity contribution in [1.82, 2.24) is 0 Å². The third-order valence-corrected chi connectivity index (χ3v) is 2.90. The summed E-state index contributed by atoms with van der Waals surface area (Å²) in [5.41, 5.74) is 0.691. The fourth-order valence-electron chi connectivity index (χ4n) is 1.84. The molecular formula is C14H21NO5. The summed E-state index contributed by atoms with van der Waals surface area (Å²) in [6.45, 7) is 1.90. The van der Waals surface area contributed by atoms with Crippen LogP contribution in [-0.2, 0) is 9.53 Å². The van der Waals surface area contributed by atoms with Gasteiger partial charge in [0.2, 0.25) is 5.75 Å². The number of hydrogen-bond donors (Lipinski definition) is 1. The summed E-state index contributed by atoms with van der Waals surface area (Å²) in [5, 5.41) is 3.09. The predicted octanol–water partition coefficient (Wildman–Crippen LogP) is 2.08. The van der Waals surface area contributed by atoms with Crippen LogP contribution in [0.2, 0.25) is 0 Å². The Balaban J connectivity index is 3.09. The third kappa shape index (κ3) is 3.46. The predicted molar refractivity (Wildman–Crippen MR) is 75.8 cm³/mol. The highest BCUT2D eigenvalue weighted by atomic mass is 16.5. The van der Waals surface area contributed by atoms with Crippen LogP contribution in [0, 0.1) is 0 Å². The van der Waals surface area contributed by atoms with Crippen LogP contribution in [0.5, 0.6) is 17.2 Å². The van der Waals surface area contributed by atoms with Crippen LogP contribution in [-0.4, -0.2) is 40.5 Å². The molecule has 0 radical (unpaired) electrons. The largest absolute Gasteiger partial charge is 0.493 e. The minimum absolute atomic E-state index is 0.318. The minimum Gasteiger partial charge on any atom is -0.493 e. The van der Waals surface area contributed by atoms with E-state index in [2.05, 4.69) is 5.32 Å². The number of carbonyl (C=O) groups is 1. The number of benzene rings is 1. The maximum atomic E-state index is 11.6. The van der Waals surface area contributed by atoms with Crippen LogP contribution in [0.25, 0.3) is 0 Å². The molecule has 1 rings (SSSR count). The van der Waals surface area contributed by atoms with Gasteiger partial charge in [-0.1, -0.05) is 6.92 Å². The highest BCUT2D eigenvalue weighted by Gasteiger charge is 2.19. The molecule has 6 heteroatoms. The van der Waals surface area contributed by atoms with Gasteiger partial charge in [0.25, 0.3) is 0 Å². The second-order valence-corrected chi connectivity index (χ2v) is 4.04. The van der Waals surface area contributed by atoms with Crippen molar-refractivity contribution in [1.29, 1.82) is 0 Å². The Bertz CT molecular complexity index is 436. The van der Waals surface area contributed by atoms with Crippen LogP contribution < -0.4 is 19.5 Å². The molecule has 0 aliphatic rings. The number of carbonyl (C=O) groups excluding carboxylic acids is 1. The summed E-state index contributed by atoms with van der Waals surface area (Å²) in [6, 6.07) is 3.06. The summed E-state index contributed by atoms with van der Waals surface area (Å²) in [7, 11) is 5.98. The summed E-state index contributed by atoms with van der Waals surface area (Å²) >= 11 is 0. The lowest BCUT2D eigenvalue weighted by Crippen LogP contribution is -2.29. The van der Waals surface area contributed by atoms with Crippen molar-refractivity contribution >= 4 is 11.7 Å². The van der Waals surface area contributed by atoms with Gasteiger partial charge in [-0.2, -0.15) is 0 Å². The normalized spacial score (nSPS) is 11.4. The number of anilines is 1. The van der Waals surface area contributed by atoms with Crippen LogP contribution >= 0.6 is 0 Å². The first-order valence-electron chi connectivity index (χ1n) is 6.25. The smallest absolute Gasteiger partial charge is 0.328 e. The third-order valence-electron chi connectivity index (χ3n) is 2.90. The molecule has 0 spiro atoms. The lowest BCUT2D eigenvalue weighted by atomic mass is 10.2. The minimum atomic E-state index is -0.428. The standard InChI is InChI=1S/C14H21NO5/c1-6-10(14(16)20-5)15-9-7-11(17-2)13(19-4)12(8-9)18-3/h7-8,10,15H,6H2,1-5H3. The van der Waals surface area contributed by atoms with E-state index in [1.165, 1.54) is 14.2 Å². The van der Waals surface area contributed by atoms with E-state index >= 15 is 0 Å². The molecule has 6 nitrogen and oxygen atoms in total. The van der Waals surface area contributed by atoms with E-state index in [0.717, 1.165) is 0 Å². The SMILES string of the molecule is CCC(Nc1cc(OC)c(OC)c(OC)c1)C(=O)OC. The number of esters is 1. The number of methoxy groups -OCH3 is 4. The van der Waals surface area contributed by atoms with Gasteiger partial charge >= 0.3 is 5.97 Å². The Morgan fingerprint density at radius 2 is 1.65 bits per heavy atom. The molecule has 0 aromatic heterocycles. The van der Waals surface area contributed by atoms with Gasteiger partial charge in [-0.05, 0) is 6.42 Å². The van der Waals surface area contributed by atoms with E-state index < -0.39 is 6.04 Å². The molecule has 0 fully saturated rings. The molecule has 1 atom stereocenters. The van der Waals surface area contributed by atoms with Crippen molar-refractivity contribution in [2.24, 2.45) is 0 Å². The molecule has 112 valence electrons. The summed E-state index contributed by atoms with van der Waals surface area (Å²) in [5.74, 6) is 1.23. The van der Waals surface area contributed by atoms with Crippen molar-refractivity contribution in [3.8, 4) is 17.2 Å². The van der Waals surface area contributed by atoms with Gasteiger partial charge < -0.3 is 24.3 Å². The fraction of sp³-hybridized carbons (Fsp3) is 0.500. The molecule has 0 aliphatic carbocycles. The van der Waals surface area contributed by atoms with Gasteiger partial charge in [0.1, 0.15) is 6.04 Å². The quantitative estimate of drug-likeness (QED) is 0.773. The molecular weight excluding hydrogens is 262 g/mol. The van der Waals surface area contributed by atoms with Gasteiger partial charge in [-0.15, -0.1) is 0 Å². The first-order valence-corrected chi connectivity index (χ1v) is 6.25. The van der Waals surface area contributed by atoms with Gasteiger partial charge in [-0.25, -0.2) is 4.79 Å². The Morgan fingerprint density at radius 1 is 1.10 bits per heavy atom. The van der Waals surface area contributed by atoms with E-state index in [1.54, 1.807) is 26.4 Å². The Kier molecular flexibility index (Phi) is 5.96. The molecule has 1 aromatic carbocycles. The van der Waals surface area contributed by atoms with Crippen molar-refractivity contribution in [3.05, 3.63) is 12.1 Å². The van der Waals surface area contributed by atoms with Crippen LogP contribution in [0.3, 0.4) is 0 Å². The van der Waals surface area contributed by atoms with E-state index in [1.807, 2.05) is 6.92 Å². The average Bonchev–Trinajstić information content (AvgIpc) is 2.50. The Hall–Kier alpha value is -2.11. The molecule has 20 heavy (non-hydrogen) atoms. The van der Waals surface area contributed by atoms with Gasteiger partial charge in [0.05, 0.1) is 28.4 Å². The van der Waals surface area contributed by atoms with E-state index in [9.17, 15) is 4.79 Å². The van der Waals surface area contributed by atoms with E-state index in [0.29, 0.717) is 29.4 Å². The van der Waals surface area contributed by atoms with Crippen molar-refractivity contribution in [3.63, 3.8) is 0 Å². The van der Waals surface area contributed by atoms with Gasteiger partial charge in [-0.3, -0.25) is 0 Å². The van der Waals surface area contributed by atoms with Crippen molar-refractivity contribution in [2.75, 3.05) is 33.8 Å². The van der Waals surface area contributed by atoms with Gasteiger partial charge in [0, 0.05) is 17.8 Å². The molecule has 0 aliphatic heterocycles. The van der Waals surface area contributed by atoms with Crippen LogP contribution in [0.4, 0.5) is 5.69 Å². The lowest BCUT2D eigenvalue weighted by Gasteiger charge is -2.18. The number of nitrogens with one attached hydrogen (secondary N) is 1. The highest BCUT2D eigenvalue weighted by molar-refractivity contribution is 5.79. The molecule has 1 unspecified atom stereocenters. The maximum absolute atomic E-state index is 11.6. The molecule has 0 bridgehead atoms. The average molecular weight is 283 g/mol. The molecule has 1 N–H and O–H groups in total. The Morgan fingerprint density at radius 3 is 2.00 bits per heavy atom.